The fourth-order valence-electron chi connectivity index (χ4n) is 1.92. The van der Waals surface area contributed by atoms with Crippen LogP contribution in [0.25, 0.3) is 0 Å². The van der Waals surface area contributed by atoms with Crippen molar-refractivity contribution in [2.45, 2.75) is 18.9 Å². The summed E-state index contributed by atoms with van der Waals surface area (Å²) < 4.78 is 15.2. The van der Waals surface area contributed by atoms with Gasteiger partial charge >= 0.3 is 11.8 Å². The molecule has 1 atom stereocenters. The van der Waals surface area contributed by atoms with E-state index in [2.05, 4.69) is 10.6 Å². The number of rotatable bonds is 6. The molecule has 1 unspecified atom stereocenters. The van der Waals surface area contributed by atoms with Gasteiger partial charge in [-0.05, 0) is 19.1 Å². The molecule has 126 valence electrons. The highest BCUT2D eigenvalue weighted by molar-refractivity contribution is 6.39. The number of nitrogens with one attached hydrogen (secondary N) is 2. The first-order valence-corrected chi connectivity index (χ1v) is 7.11. The number of fused-ring (bicyclic) bond motifs is 1. The normalized spacial score (nSPS) is 14.9. The number of amides is 2. The summed E-state index contributed by atoms with van der Waals surface area (Å²) in [5.41, 5.74) is -0.731. The van der Waals surface area contributed by atoms with Crippen molar-refractivity contribution >= 4 is 17.5 Å². The molecule has 8 heteroatoms. The minimum Gasteiger partial charge on any atom is -0.454 e. The van der Waals surface area contributed by atoms with Crippen LogP contribution in [0.3, 0.4) is 0 Å². The lowest BCUT2D eigenvalue weighted by Gasteiger charge is -2.22. The molecule has 1 aromatic carbocycles. The Morgan fingerprint density at radius 3 is 2.78 bits per heavy atom. The molecule has 3 N–H and O–H groups in total. The zero-order chi connectivity index (χ0) is 16.9. The van der Waals surface area contributed by atoms with Gasteiger partial charge in [0.1, 0.15) is 0 Å². The Hall–Kier alpha value is -2.32. The van der Waals surface area contributed by atoms with Crippen LogP contribution in [0.2, 0.25) is 0 Å². The Labute approximate surface area is 133 Å². The summed E-state index contributed by atoms with van der Waals surface area (Å²) in [6.45, 7) is 1.99. The molecule has 0 saturated carbocycles. The minimum atomic E-state index is -1.15. The average Bonchev–Trinajstić information content (AvgIpc) is 2.98. The molecule has 0 aromatic heterocycles. The SMILES string of the molecule is COCCC(C)(O)CNC(=O)C(=O)Nc1ccc2c(c1)OCO2. The lowest BCUT2D eigenvalue weighted by molar-refractivity contribution is -0.136. The zero-order valence-corrected chi connectivity index (χ0v) is 13.0. The van der Waals surface area contributed by atoms with E-state index in [4.69, 9.17) is 14.2 Å². The minimum absolute atomic E-state index is 0.0518. The molecule has 0 fully saturated rings. The van der Waals surface area contributed by atoms with Gasteiger partial charge in [-0.1, -0.05) is 0 Å². The molecule has 1 aromatic rings. The molecule has 0 bridgehead atoms. The second-order valence-electron chi connectivity index (χ2n) is 5.44. The van der Waals surface area contributed by atoms with E-state index >= 15 is 0 Å². The first kappa shape index (κ1) is 17.0. The predicted molar refractivity (Wildman–Crippen MR) is 81.3 cm³/mol. The van der Waals surface area contributed by atoms with Crippen molar-refractivity contribution in [3.05, 3.63) is 18.2 Å². The first-order chi connectivity index (χ1) is 10.9. The van der Waals surface area contributed by atoms with Gasteiger partial charge in [-0.25, -0.2) is 0 Å². The molecule has 2 rings (SSSR count). The van der Waals surface area contributed by atoms with Gasteiger partial charge in [0, 0.05) is 38.4 Å². The van der Waals surface area contributed by atoms with Gasteiger partial charge in [0.2, 0.25) is 6.79 Å². The Balaban J connectivity index is 1.84. The maximum Gasteiger partial charge on any atom is 0.313 e. The van der Waals surface area contributed by atoms with Crippen LogP contribution in [-0.2, 0) is 14.3 Å². The molecule has 1 aliphatic rings. The van der Waals surface area contributed by atoms with Crippen molar-refractivity contribution in [2.24, 2.45) is 0 Å². The highest BCUT2D eigenvalue weighted by atomic mass is 16.7. The van der Waals surface area contributed by atoms with E-state index in [0.717, 1.165) is 0 Å². The number of methoxy groups -OCH3 is 1. The smallest absolute Gasteiger partial charge is 0.313 e. The largest absolute Gasteiger partial charge is 0.454 e. The van der Waals surface area contributed by atoms with Crippen molar-refractivity contribution in [3.63, 3.8) is 0 Å². The monoisotopic (exact) mass is 324 g/mol. The molecule has 1 heterocycles. The maximum atomic E-state index is 11.8. The van der Waals surface area contributed by atoms with Crippen molar-refractivity contribution in [2.75, 3.05) is 32.4 Å². The fraction of sp³-hybridized carbons (Fsp3) is 0.467. The molecule has 0 aliphatic carbocycles. The van der Waals surface area contributed by atoms with Gasteiger partial charge < -0.3 is 30.0 Å². The Morgan fingerprint density at radius 2 is 2.04 bits per heavy atom. The standard InChI is InChI=1S/C15H20N2O6/c1-15(20,5-6-21-2)8-16-13(18)14(19)17-10-3-4-11-12(7-10)23-9-22-11/h3-4,7,20H,5-6,8-9H2,1-2H3,(H,16,18)(H,17,19). The van der Waals surface area contributed by atoms with Crippen LogP contribution in [0.4, 0.5) is 5.69 Å². The van der Waals surface area contributed by atoms with E-state index in [1.807, 2.05) is 0 Å². The summed E-state index contributed by atoms with van der Waals surface area (Å²) in [5, 5.41) is 14.9. The second kappa shape index (κ2) is 7.30. The van der Waals surface area contributed by atoms with Gasteiger partial charge in [-0.3, -0.25) is 9.59 Å². The Morgan fingerprint density at radius 1 is 1.30 bits per heavy atom. The summed E-state index contributed by atoms with van der Waals surface area (Å²) in [4.78, 5) is 23.6. The van der Waals surface area contributed by atoms with Crippen molar-refractivity contribution in [1.29, 1.82) is 0 Å². The van der Waals surface area contributed by atoms with Crippen molar-refractivity contribution in [1.82, 2.24) is 5.32 Å². The van der Waals surface area contributed by atoms with Crippen LogP contribution >= 0.6 is 0 Å². The predicted octanol–water partition coefficient (Wildman–Crippen LogP) is 0.257. The van der Waals surface area contributed by atoms with Gasteiger partial charge in [0.25, 0.3) is 0 Å². The number of benzene rings is 1. The maximum absolute atomic E-state index is 11.8. The average molecular weight is 324 g/mol. The lowest BCUT2D eigenvalue weighted by atomic mass is 10.0. The highest BCUT2D eigenvalue weighted by Crippen LogP contribution is 2.34. The van der Waals surface area contributed by atoms with Crippen LogP contribution in [0, 0.1) is 0 Å². The van der Waals surface area contributed by atoms with E-state index in [1.165, 1.54) is 7.11 Å². The van der Waals surface area contributed by atoms with E-state index in [-0.39, 0.29) is 13.3 Å². The molecule has 23 heavy (non-hydrogen) atoms. The van der Waals surface area contributed by atoms with Gasteiger partial charge in [-0.2, -0.15) is 0 Å². The molecule has 8 nitrogen and oxygen atoms in total. The third-order valence-electron chi connectivity index (χ3n) is 3.31. The zero-order valence-electron chi connectivity index (χ0n) is 13.0. The number of hydrogen-bond donors (Lipinski definition) is 3. The molecule has 0 saturated heterocycles. The van der Waals surface area contributed by atoms with Crippen LogP contribution in [-0.4, -0.2) is 49.6 Å². The quantitative estimate of drug-likeness (QED) is 0.648. The molecule has 1 aliphatic heterocycles. The Bertz CT molecular complexity index is 587. The summed E-state index contributed by atoms with van der Waals surface area (Å²) in [7, 11) is 1.52. The lowest BCUT2D eigenvalue weighted by Crippen LogP contribution is -2.45. The van der Waals surface area contributed by atoms with Crippen molar-refractivity contribution in [3.8, 4) is 11.5 Å². The third-order valence-corrected chi connectivity index (χ3v) is 3.31. The molecule has 0 radical (unpaired) electrons. The van der Waals surface area contributed by atoms with E-state index in [9.17, 15) is 14.7 Å². The summed E-state index contributed by atoms with van der Waals surface area (Å²) in [5.74, 6) is -0.570. The number of carbonyl (C=O) groups is 2. The highest BCUT2D eigenvalue weighted by Gasteiger charge is 2.23. The van der Waals surface area contributed by atoms with Crippen molar-refractivity contribution < 1.29 is 28.9 Å². The van der Waals surface area contributed by atoms with Gasteiger partial charge in [0.05, 0.1) is 5.60 Å². The number of anilines is 1. The van der Waals surface area contributed by atoms with E-state index < -0.39 is 17.4 Å². The van der Waals surface area contributed by atoms with E-state index in [1.54, 1.807) is 25.1 Å². The van der Waals surface area contributed by atoms with E-state index in [0.29, 0.717) is 30.2 Å². The number of carbonyl (C=O) groups excluding carboxylic acids is 2. The van der Waals surface area contributed by atoms with Crippen LogP contribution in [0.15, 0.2) is 18.2 Å². The molecule has 0 spiro atoms. The number of aliphatic hydroxyl groups is 1. The second-order valence-corrected chi connectivity index (χ2v) is 5.44. The van der Waals surface area contributed by atoms with Crippen LogP contribution < -0.4 is 20.1 Å². The topological polar surface area (TPSA) is 106 Å². The summed E-state index contributed by atoms with van der Waals surface area (Å²) >= 11 is 0. The molecule has 2 amide bonds. The van der Waals surface area contributed by atoms with Crippen LogP contribution in [0.5, 0.6) is 11.5 Å². The summed E-state index contributed by atoms with van der Waals surface area (Å²) in [6, 6.07) is 4.82. The third kappa shape index (κ3) is 4.83. The number of ether oxygens (including phenoxy) is 3. The molecular weight excluding hydrogens is 304 g/mol. The van der Waals surface area contributed by atoms with Gasteiger partial charge in [-0.15, -0.1) is 0 Å². The number of hydrogen-bond acceptors (Lipinski definition) is 6. The Kier molecular flexibility index (Phi) is 5.41. The van der Waals surface area contributed by atoms with Gasteiger partial charge in [0.15, 0.2) is 11.5 Å². The van der Waals surface area contributed by atoms with Crippen LogP contribution in [0.1, 0.15) is 13.3 Å². The fourth-order valence-corrected chi connectivity index (χ4v) is 1.92. The summed E-state index contributed by atoms with van der Waals surface area (Å²) in [6.07, 6.45) is 0.341. The first-order valence-electron chi connectivity index (χ1n) is 7.11. The molecular formula is C15H20N2O6.